The van der Waals surface area contributed by atoms with Gasteiger partial charge in [0.1, 0.15) is 5.82 Å². The quantitative estimate of drug-likeness (QED) is 0.489. The summed E-state index contributed by atoms with van der Waals surface area (Å²) in [6.45, 7) is 0.313. The maximum absolute atomic E-state index is 13.1. The molecule has 1 aromatic heterocycles. The molecule has 5 heteroatoms. The average molecular weight is 360 g/mol. The fourth-order valence-corrected chi connectivity index (χ4v) is 4.03. The lowest BCUT2D eigenvalue weighted by Gasteiger charge is -2.02. The third kappa shape index (κ3) is 2.81. The van der Waals surface area contributed by atoms with Gasteiger partial charge >= 0.3 is 0 Å². The number of halogens is 1. The van der Waals surface area contributed by atoms with Crippen LogP contribution in [0.5, 0.6) is 0 Å². The van der Waals surface area contributed by atoms with Crippen LogP contribution in [0.2, 0.25) is 0 Å². The molecule has 1 heterocycles. The molecule has 4 aromatic rings. The standard InChI is InChI=1S/C21H13FN2OS/c1-2-13-24-18-12-9-14-5-3-4-6-17(14)19(18)26-21(24)23-20(25)15-7-10-16(22)11-8-15/h1,3-12H,13H2. The number of amides is 1. The Hall–Kier alpha value is -3.23. The molecule has 0 aliphatic heterocycles. The lowest BCUT2D eigenvalue weighted by atomic mass is 10.1. The molecule has 3 nitrogen and oxygen atoms in total. The Balaban J connectivity index is 1.95. The monoisotopic (exact) mass is 360 g/mol. The summed E-state index contributed by atoms with van der Waals surface area (Å²) in [6.07, 6.45) is 5.52. The van der Waals surface area contributed by atoms with Gasteiger partial charge in [0, 0.05) is 10.9 Å². The summed E-state index contributed by atoms with van der Waals surface area (Å²) < 4.78 is 15.9. The van der Waals surface area contributed by atoms with Gasteiger partial charge in [0.05, 0.1) is 16.8 Å². The second-order valence-electron chi connectivity index (χ2n) is 5.73. The second-order valence-corrected chi connectivity index (χ2v) is 6.71. The van der Waals surface area contributed by atoms with E-state index >= 15 is 0 Å². The van der Waals surface area contributed by atoms with E-state index in [1.807, 2.05) is 41.0 Å². The van der Waals surface area contributed by atoms with Crippen molar-refractivity contribution < 1.29 is 9.18 Å². The smallest absolute Gasteiger partial charge is 0.279 e. The molecule has 0 fully saturated rings. The first kappa shape index (κ1) is 16.2. The summed E-state index contributed by atoms with van der Waals surface area (Å²) in [7, 11) is 0. The highest BCUT2D eigenvalue weighted by Crippen LogP contribution is 2.27. The number of nitrogens with zero attached hydrogens (tertiary/aromatic N) is 2. The van der Waals surface area contributed by atoms with Crippen molar-refractivity contribution in [2.75, 3.05) is 0 Å². The van der Waals surface area contributed by atoms with Gasteiger partial charge in [-0.25, -0.2) is 4.39 Å². The van der Waals surface area contributed by atoms with E-state index in [2.05, 4.69) is 10.9 Å². The summed E-state index contributed by atoms with van der Waals surface area (Å²) in [5.41, 5.74) is 1.28. The Morgan fingerprint density at radius 3 is 2.65 bits per heavy atom. The Bertz CT molecular complexity index is 1240. The van der Waals surface area contributed by atoms with Crippen LogP contribution in [-0.4, -0.2) is 10.5 Å². The number of terminal acetylenes is 1. The predicted octanol–water partition coefficient (Wildman–Crippen LogP) is 4.37. The first-order valence-corrected chi connectivity index (χ1v) is 8.78. The molecule has 0 atom stereocenters. The fourth-order valence-electron chi connectivity index (χ4n) is 2.87. The summed E-state index contributed by atoms with van der Waals surface area (Å²) in [6, 6.07) is 17.4. The molecule has 0 spiro atoms. The summed E-state index contributed by atoms with van der Waals surface area (Å²) in [4.78, 5) is 17.3. The van der Waals surface area contributed by atoms with Crippen LogP contribution >= 0.6 is 11.3 Å². The fraction of sp³-hybridized carbons (Fsp3) is 0.0476. The molecule has 0 N–H and O–H groups in total. The van der Waals surface area contributed by atoms with Crippen molar-refractivity contribution in [1.29, 1.82) is 0 Å². The number of carbonyl (C=O) groups is 1. The van der Waals surface area contributed by atoms with E-state index in [9.17, 15) is 9.18 Å². The van der Waals surface area contributed by atoms with Crippen molar-refractivity contribution in [3.63, 3.8) is 0 Å². The molecule has 0 bridgehead atoms. The molecule has 0 aliphatic carbocycles. The third-order valence-electron chi connectivity index (χ3n) is 4.11. The van der Waals surface area contributed by atoms with Crippen LogP contribution in [0.4, 0.5) is 4.39 Å². The van der Waals surface area contributed by atoms with Gasteiger partial charge in [-0.2, -0.15) is 4.99 Å². The normalized spacial score (nSPS) is 11.8. The van der Waals surface area contributed by atoms with E-state index < -0.39 is 11.7 Å². The summed E-state index contributed by atoms with van der Waals surface area (Å²) in [5.74, 6) is 1.80. The number of benzene rings is 3. The van der Waals surface area contributed by atoms with Gasteiger partial charge in [0.25, 0.3) is 5.91 Å². The van der Waals surface area contributed by atoms with Gasteiger partial charge in [-0.05, 0) is 35.7 Å². The van der Waals surface area contributed by atoms with Crippen LogP contribution in [0, 0.1) is 18.2 Å². The van der Waals surface area contributed by atoms with E-state index in [0.717, 1.165) is 21.0 Å². The first-order valence-electron chi connectivity index (χ1n) is 7.96. The molecular formula is C21H13FN2OS. The maximum Gasteiger partial charge on any atom is 0.279 e. The minimum atomic E-state index is -0.424. The highest BCUT2D eigenvalue weighted by atomic mass is 32.1. The highest BCUT2D eigenvalue weighted by Gasteiger charge is 2.11. The number of rotatable bonds is 2. The third-order valence-corrected chi connectivity index (χ3v) is 5.24. The van der Waals surface area contributed by atoms with Crippen LogP contribution in [0.15, 0.2) is 65.7 Å². The maximum atomic E-state index is 13.1. The number of hydrogen-bond acceptors (Lipinski definition) is 2. The van der Waals surface area contributed by atoms with Gasteiger partial charge in [-0.3, -0.25) is 4.79 Å². The van der Waals surface area contributed by atoms with E-state index in [1.165, 1.54) is 35.6 Å². The zero-order valence-corrected chi connectivity index (χ0v) is 14.5. The van der Waals surface area contributed by atoms with Gasteiger partial charge in [-0.1, -0.05) is 47.6 Å². The van der Waals surface area contributed by atoms with Crippen molar-refractivity contribution in [1.82, 2.24) is 4.57 Å². The van der Waals surface area contributed by atoms with Gasteiger partial charge in [-0.15, -0.1) is 6.42 Å². The molecule has 0 saturated carbocycles. The Morgan fingerprint density at radius 2 is 1.88 bits per heavy atom. The molecular weight excluding hydrogens is 347 g/mol. The van der Waals surface area contributed by atoms with Crippen LogP contribution in [0.1, 0.15) is 10.4 Å². The topological polar surface area (TPSA) is 34.4 Å². The van der Waals surface area contributed by atoms with Crippen molar-refractivity contribution in [2.45, 2.75) is 6.54 Å². The lowest BCUT2D eigenvalue weighted by molar-refractivity contribution is 0.0998. The van der Waals surface area contributed by atoms with Crippen molar-refractivity contribution >= 4 is 38.2 Å². The van der Waals surface area contributed by atoms with Crippen molar-refractivity contribution in [3.05, 3.63) is 76.8 Å². The number of hydrogen-bond donors (Lipinski definition) is 0. The second kappa shape index (κ2) is 6.58. The average Bonchev–Trinajstić information content (AvgIpc) is 3.00. The molecule has 0 radical (unpaired) electrons. The molecule has 126 valence electrons. The van der Waals surface area contributed by atoms with Crippen LogP contribution in [0.3, 0.4) is 0 Å². The number of aromatic nitrogens is 1. The van der Waals surface area contributed by atoms with E-state index in [0.29, 0.717) is 16.9 Å². The number of thiazole rings is 1. The van der Waals surface area contributed by atoms with Gasteiger partial charge < -0.3 is 4.57 Å². The van der Waals surface area contributed by atoms with E-state index in [1.54, 1.807) is 0 Å². The largest absolute Gasteiger partial charge is 0.305 e. The van der Waals surface area contributed by atoms with Crippen LogP contribution in [0.25, 0.3) is 21.0 Å². The van der Waals surface area contributed by atoms with Crippen molar-refractivity contribution in [2.24, 2.45) is 4.99 Å². The number of fused-ring (bicyclic) bond motifs is 3. The van der Waals surface area contributed by atoms with Crippen LogP contribution in [-0.2, 0) is 6.54 Å². The zero-order chi connectivity index (χ0) is 18.1. The van der Waals surface area contributed by atoms with E-state index in [-0.39, 0.29) is 0 Å². The Labute approximate surface area is 153 Å². The SMILES string of the molecule is C#CCn1c(=NC(=O)c2ccc(F)cc2)sc2c3ccccc3ccc21. The molecule has 4 rings (SSSR count). The molecule has 0 aliphatic rings. The zero-order valence-electron chi connectivity index (χ0n) is 13.6. The number of carbonyl (C=O) groups excluding carboxylic acids is 1. The molecule has 0 saturated heterocycles. The first-order chi connectivity index (χ1) is 12.7. The van der Waals surface area contributed by atoms with Crippen LogP contribution < -0.4 is 4.80 Å². The van der Waals surface area contributed by atoms with Gasteiger partial charge in [0.2, 0.25) is 0 Å². The van der Waals surface area contributed by atoms with Gasteiger partial charge in [0.15, 0.2) is 4.80 Å². The summed E-state index contributed by atoms with van der Waals surface area (Å²) >= 11 is 1.43. The predicted molar refractivity (Wildman–Crippen MR) is 102 cm³/mol. The molecule has 1 amide bonds. The minimum absolute atomic E-state index is 0.313. The molecule has 26 heavy (non-hydrogen) atoms. The van der Waals surface area contributed by atoms with E-state index in [4.69, 9.17) is 6.42 Å². The Kier molecular flexibility index (Phi) is 4.11. The lowest BCUT2D eigenvalue weighted by Crippen LogP contribution is -2.16. The summed E-state index contributed by atoms with van der Waals surface area (Å²) in [5, 5.41) is 2.21. The molecule has 0 unspecified atom stereocenters. The minimum Gasteiger partial charge on any atom is -0.305 e. The highest BCUT2D eigenvalue weighted by molar-refractivity contribution is 7.17. The van der Waals surface area contributed by atoms with Crippen molar-refractivity contribution in [3.8, 4) is 12.3 Å². The molecule has 3 aromatic carbocycles. The Morgan fingerprint density at radius 1 is 1.12 bits per heavy atom.